The number of benzene rings is 2. The molecule has 4 nitrogen and oxygen atoms in total. The molecule has 1 saturated heterocycles. The Morgan fingerprint density at radius 1 is 1.26 bits per heavy atom. The first kappa shape index (κ1) is 17.6. The van der Waals surface area contributed by atoms with E-state index in [2.05, 4.69) is 28.8 Å². The van der Waals surface area contributed by atoms with Gasteiger partial charge in [-0.2, -0.15) is 0 Å². The molecule has 0 aromatic heterocycles. The molecule has 23 heavy (non-hydrogen) atoms. The Bertz CT molecular complexity index is 669. The Balaban J connectivity index is 0.00000192. The molecule has 1 amide bonds. The van der Waals surface area contributed by atoms with Gasteiger partial charge in [0.05, 0.1) is 13.0 Å². The molecule has 2 N–H and O–H groups in total. The van der Waals surface area contributed by atoms with Crippen LogP contribution in [0.2, 0.25) is 0 Å². The number of piperidine rings is 1. The minimum absolute atomic E-state index is 0. The third-order valence-electron chi connectivity index (χ3n) is 4.25. The first-order valence-corrected chi connectivity index (χ1v) is 7.81. The molecular weight excluding hydrogens is 312 g/mol. The quantitative estimate of drug-likeness (QED) is 0.904. The number of carbonyl (C=O) groups is 1. The molecule has 2 aromatic carbocycles. The largest absolute Gasteiger partial charge is 0.497 e. The number of hydrogen-bond donors (Lipinski definition) is 2. The lowest BCUT2D eigenvalue weighted by molar-refractivity contribution is -0.125. The van der Waals surface area contributed by atoms with Crippen molar-refractivity contribution in [3.63, 3.8) is 0 Å². The summed E-state index contributed by atoms with van der Waals surface area (Å²) in [6.07, 6.45) is 2.06. The molecule has 124 valence electrons. The molecule has 0 aliphatic carbocycles. The fourth-order valence-corrected chi connectivity index (χ4v) is 2.92. The third kappa shape index (κ3) is 4.36. The second-order valence-electron chi connectivity index (χ2n) is 5.81. The maximum absolute atomic E-state index is 12.2. The number of halogens is 1. The van der Waals surface area contributed by atoms with Crippen molar-refractivity contribution in [3.05, 3.63) is 42.0 Å². The molecule has 1 aliphatic heterocycles. The van der Waals surface area contributed by atoms with Crippen molar-refractivity contribution in [1.82, 2.24) is 10.6 Å². The summed E-state index contributed by atoms with van der Waals surface area (Å²) >= 11 is 0. The summed E-state index contributed by atoms with van der Waals surface area (Å²) in [7, 11) is 1.67. The van der Waals surface area contributed by atoms with Crippen LogP contribution in [0.25, 0.3) is 10.8 Å². The van der Waals surface area contributed by atoms with E-state index in [4.69, 9.17) is 4.74 Å². The van der Waals surface area contributed by atoms with Crippen LogP contribution < -0.4 is 15.4 Å². The maximum atomic E-state index is 12.2. The van der Waals surface area contributed by atoms with Gasteiger partial charge >= 0.3 is 0 Å². The number of methoxy groups -OCH3 is 1. The highest BCUT2D eigenvalue weighted by atomic mass is 35.5. The van der Waals surface area contributed by atoms with Crippen molar-refractivity contribution in [2.75, 3.05) is 20.2 Å². The van der Waals surface area contributed by atoms with Crippen LogP contribution in [-0.2, 0) is 11.3 Å². The zero-order valence-electron chi connectivity index (χ0n) is 13.3. The summed E-state index contributed by atoms with van der Waals surface area (Å²) in [5.41, 5.74) is 1.12. The van der Waals surface area contributed by atoms with E-state index in [1.54, 1.807) is 7.11 Å². The van der Waals surface area contributed by atoms with Crippen molar-refractivity contribution < 1.29 is 9.53 Å². The topological polar surface area (TPSA) is 50.4 Å². The minimum atomic E-state index is 0. The lowest BCUT2D eigenvalue weighted by Gasteiger charge is -2.21. The monoisotopic (exact) mass is 334 g/mol. The lowest BCUT2D eigenvalue weighted by atomic mass is 9.98. The van der Waals surface area contributed by atoms with E-state index in [0.717, 1.165) is 48.0 Å². The highest BCUT2D eigenvalue weighted by Gasteiger charge is 2.20. The zero-order chi connectivity index (χ0) is 15.4. The molecule has 2 aromatic rings. The molecule has 3 rings (SSSR count). The minimum Gasteiger partial charge on any atom is -0.497 e. The Morgan fingerprint density at radius 2 is 2.04 bits per heavy atom. The van der Waals surface area contributed by atoms with E-state index < -0.39 is 0 Å². The molecule has 0 radical (unpaired) electrons. The molecule has 5 heteroatoms. The van der Waals surface area contributed by atoms with Crippen molar-refractivity contribution in [2.45, 2.75) is 19.4 Å². The van der Waals surface area contributed by atoms with Gasteiger partial charge in [-0.1, -0.05) is 18.2 Å². The maximum Gasteiger partial charge on any atom is 0.224 e. The second-order valence-corrected chi connectivity index (χ2v) is 5.81. The molecule has 1 unspecified atom stereocenters. The summed E-state index contributed by atoms with van der Waals surface area (Å²) in [5.74, 6) is 1.12. The van der Waals surface area contributed by atoms with Gasteiger partial charge in [-0.25, -0.2) is 0 Å². The van der Waals surface area contributed by atoms with Crippen LogP contribution in [0.4, 0.5) is 0 Å². The van der Waals surface area contributed by atoms with Gasteiger partial charge in [0, 0.05) is 13.1 Å². The summed E-state index contributed by atoms with van der Waals surface area (Å²) in [5, 5.41) is 8.63. The predicted octanol–water partition coefficient (Wildman–Crippen LogP) is 2.89. The zero-order valence-corrected chi connectivity index (χ0v) is 14.1. The Hall–Kier alpha value is -1.78. The molecule has 1 aliphatic rings. The van der Waals surface area contributed by atoms with Crippen molar-refractivity contribution >= 4 is 29.1 Å². The van der Waals surface area contributed by atoms with Gasteiger partial charge < -0.3 is 15.4 Å². The molecule has 1 fully saturated rings. The van der Waals surface area contributed by atoms with Gasteiger partial charge in [-0.05, 0) is 53.9 Å². The molecule has 0 saturated carbocycles. The molecule has 0 bridgehead atoms. The first-order valence-electron chi connectivity index (χ1n) is 7.81. The van der Waals surface area contributed by atoms with Crippen LogP contribution in [0.15, 0.2) is 36.4 Å². The van der Waals surface area contributed by atoms with Crippen LogP contribution in [0.3, 0.4) is 0 Å². The van der Waals surface area contributed by atoms with E-state index in [1.165, 1.54) is 0 Å². The van der Waals surface area contributed by atoms with Crippen LogP contribution in [0, 0.1) is 5.92 Å². The van der Waals surface area contributed by atoms with Crippen molar-refractivity contribution in [3.8, 4) is 5.75 Å². The summed E-state index contributed by atoms with van der Waals surface area (Å²) in [4.78, 5) is 12.2. The number of nitrogens with one attached hydrogen (secondary N) is 2. The van der Waals surface area contributed by atoms with Crippen molar-refractivity contribution in [2.24, 2.45) is 5.92 Å². The number of rotatable bonds is 4. The van der Waals surface area contributed by atoms with Crippen LogP contribution in [-0.4, -0.2) is 26.1 Å². The highest BCUT2D eigenvalue weighted by molar-refractivity contribution is 5.85. The van der Waals surface area contributed by atoms with Gasteiger partial charge in [-0.15, -0.1) is 12.4 Å². The molecule has 0 spiro atoms. The smallest absolute Gasteiger partial charge is 0.224 e. The normalized spacial score (nSPS) is 17.3. The Kier molecular flexibility index (Phi) is 6.25. The van der Waals surface area contributed by atoms with Gasteiger partial charge in [0.2, 0.25) is 5.91 Å². The number of fused-ring (bicyclic) bond motifs is 1. The average Bonchev–Trinajstić information content (AvgIpc) is 2.59. The SMILES string of the molecule is COc1ccc2cc(CNC(=O)C3CCCNC3)ccc2c1.Cl. The Labute approximate surface area is 143 Å². The van der Waals surface area contributed by atoms with E-state index >= 15 is 0 Å². The van der Waals surface area contributed by atoms with E-state index in [0.29, 0.717) is 6.54 Å². The third-order valence-corrected chi connectivity index (χ3v) is 4.25. The summed E-state index contributed by atoms with van der Waals surface area (Å²) in [6.45, 7) is 2.40. The van der Waals surface area contributed by atoms with E-state index in [1.807, 2.05) is 18.2 Å². The lowest BCUT2D eigenvalue weighted by Crippen LogP contribution is -2.40. The predicted molar refractivity (Wildman–Crippen MR) is 95.2 cm³/mol. The van der Waals surface area contributed by atoms with Gasteiger partial charge in [0.15, 0.2) is 0 Å². The number of carbonyl (C=O) groups excluding carboxylic acids is 1. The number of hydrogen-bond acceptors (Lipinski definition) is 3. The Morgan fingerprint density at radius 3 is 2.78 bits per heavy atom. The number of ether oxygens (including phenoxy) is 1. The average molecular weight is 335 g/mol. The van der Waals surface area contributed by atoms with Gasteiger partial charge in [0.1, 0.15) is 5.75 Å². The van der Waals surface area contributed by atoms with Crippen molar-refractivity contribution in [1.29, 1.82) is 0 Å². The van der Waals surface area contributed by atoms with E-state index in [-0.39, 0.29) is 24.2 Å². The van der Waals surface area contributed by atoms with Crippen LogP contribution in [0.5, 0.6) is 5.75 Å². The van der Waals surface area contributed by atoms with Gasteiger partial charge in [-0.3, -0.25) is 4.79 Å². The van der Waals surface area contributed by atoms with Gasteiger partial charge in [0.25, 0.3) is 0 Å². The summed E-state index contributed by atoms with van der Waals surface area (Å²) in [6, 6.07) is 12.3. The molecular formula is C18H23ClN2O2. The molecule has 1 heterocycles. The molecule has 1 atom stereocenters. The van der Waals surface area contributed by atoms with E-state index in [9.17, 15) is 4.79 Å². The standard InChI is InChI=1S/C18H22N2O2.ClH/c1-22-17-7-6-14-9-13(4-5-15(14)10-17)11-20-18(21)16-3-2-8-19-12-16;/h4-7,9-10,16,19H,2-3,8,11-12H2,1H3,(H,20,21);1H. The van der Waals surface area contributed by atoms with Crippen LogP contribution in [0.1, 0.15) is 18.4 Å². The second kappa shape index (κ2) is 8.18. The number of amides is 1. The summed E-state index contributed by atoms with van der Waals surface area (Å²) < 4.78 is 5.24. The fourth-order valence-electron chi connectivity index (χ4n) is 2.92. The van der Waals surface area contributed by atoms with Crippen LogP contribution >= 0.6 is 12.4 Å². The fraction of sp³-hybridized carbons (Fsp3) is 0.389. The first-order chi connectivity index (χ1) is 10.8. The highest BCUT2D eigenvalue weighted by Crippen LogP contribution is 2.22.